The van der Waals surface area contributed by atoms with Gasteiger partial charge in [0.25, 0.3) is 0 Å². The number of pyridine rings is 2. The van der Waals surface area contributed by atoms with Crippen molar-refractivity contribution in [3.05, 3.63) is 194 Å². The summed E-state index contributed by atoms with van der Waals surface area (Å²) < 4.78 is 0. The van der Waals surface area contributed by atoms with Crippen LogP contribution in [0.25, 0.3) is 99.5 Å². The van der Waals surface area contributed by atoms with Crippen LogP contribution in [-0.2, 0) is 0 Å². The van der Waals surface area contributed by atoms with E-state index in [9.17, 15) is 0 Å². The maximum atomic E-state index is 5.10. The maximum Gasteiger partial charge on any atom is 0.0715 e. The fraction of sp³-hybridized carbons (Fsp3) is 0. The molecule has 0 atom stereocenters. The van der Waals surface area contributed by atoms with Gasteiger partial charge in [0.15, 0.2) is 0 Å². The molecule has 0 bridgehead atoms. The minimum atomic E-state index is 0.964. The molecule has 2 heteroatoms. The van der Waals surface area contributed by atoms with Gasteiger partial charge in [-0.15, -0.1) is 0 Å². The third kappa shape index (κ3) is 5.21. The van der Waals surface area contributed by atoms with E-state index in [1.54, 1.807) is 0 Å². The Morgan fingerprint density at radius 2 is 0.788 bits per heavy atom. The second kappa shape index (κ2) is 12.5. The highest BCUT2D eigenvalue weighted by molar-refractivity contribution is 6.28. The molecule has 0 aliphatic rings. The fourth-order valence-electron chi connectivity index (χ4n) is 7.72. The average Bonchev–Trinajstić information content (AvgIpc) is 3.23. The first-order chi connectivity index (χ1) is 25.8. The third-order valence-electron chi connectivity index (χ3n) is 10.3. The van der Waals surface area contributed by atoms with E-state index in [2.05, 4.69) is 169 Å². The van der Waals surface area contributed by atoms with Gasteiger partial charge in [-0.2, -0.15) is 0 Å². The molecule has 0 saturated heterocycles. The van der Waals surface area contributed by atoms with Crippen LogP contribution in [0.5, 0.6) is 0 Å². The molecular formula is C50H32N2. The molecule has 8 aromatic carbocycles. The van der Waals surface area contributed by atoms with Gasteiger partial charge in [-0.25, -0.2) is 4.98 Å². The van der Waals surface area contributed by atoms with Gasteiger partial charge in [0.2, 0.25) is 0 Å². The molecule has 0 spiro atoms. The van der Waals surface area contributed by atoms with E-state index in [0.717, 1.165) is 44.9 Å². The standard InChI is InChI=1S/C50H32N2/c1-3-10-36(11-4-1)47-30-41(31-48(52-47)37-12-5-2-6-13-37)33-17-19-34(20-18-33)44-32-45(35-21-23-38(24-22-35)46-16-7-8-29-51-46)43-28-26-40-15-9-14-39-25-27-42(44)50(43)49(39)40/h1-32H. The zero-order valence-corrected chi connectivity index (χ0v) is 28.4. The Bertz CT molecular complexity index is 2770. The van der Waals surface area contributed by atoms with Crippen LogP contribution in [0.3, 0.4) is 0 Å². The highest BCUT2D eigenvalue weighted by Gasteiger charge is 2.17. The molecule has 0 N–H and O–H groups in total. The number of nitrogens with zero attached hydrogens (tertiary/aromatic N) is 2. The quantitative estimate of drug-likeness (QED) is 0.166. The first-order valence-corrected chi connectivity index (χ1v) is 17.7. The maximum absolute atomic E-state index is 5.10. The summed E-state index contributed by atoms with van der Waals surface area (Å²) in [6.07, 6.45) is 1.85. The minimum Gasteiger partial charge on any atom is -0.256 e. The van der Waals surface area contributed by atoms with Gasteiger partial charge in [-0.1, -0.05) is 158 Å². The lowest BCUT2D eigenvalue weighted by Crippen LogP contribution is -1.92. The molecule has 242 valence electrons. The van der Waals surface area contributed by atoms with E-state index in [4.69, 9.17) is 4.98 Å². The molecule has 0 amide bonds. The summed E-state index contributed by atoms with van der Waals surface area (Å²) in [5.41, 5.74) is 13.4. The van der Waals surface area contributed by atoms with Crippen molar-refractivity contribution in [3.8, 4) is 67.2 Å². The van der Waals surface area contributed by atoms with Crippen molar-refractivity contribution in [2.24, 2.45) is 0 Å². The van der Waals surface area contributed by atoms with Crippen LogP contribution < -0.4 is 0 Å². The van der Waals surface area contributed by atoms with Crippen molar-refractivity contribution in [2.45, 2.75) is 0 Å². The van der Waals surface area contributed by atoms with Crippen LogP contribution >= 0.6 is 0 Å². The van der Waals surface area contributed by atoms with Gasteiger partial charge in [-0.3, -0.25) is 4.98 Å². The smallest absolute Gasteiger partial charge is 0.0715 e. The van der Waals surface area contributed by atoms with Gasteiger partial charge in [-0.05, 0) is 96.0 Å². The van der Waals surface area contributed by atoms with Gasteiger partial charge in [0.05, 0.1) is 17.1 Å². The average molecular weight is 661 g/mol. The molecule has 0 fully saturated rings. The molecule has 52 heavy (non-hydrogen) atoms. The van der Waals surface area contributed by atoms with Gasteiger partial charge in [0.1, 0.15) is 0 Å². The summed E-state index contributed by atoms with van der Waals surface area (Å²) in [7, 11) is 0. The van der Waals surface area contributed by atoms with Crippen molar-refractivity contribution in [1.82, 2.24) is 9.97 Å². The van der Waals surface area contributed by atoms with Crippen molar-refractivity contribution >= 4 is 32.3 Å². The lowest BCUT2D eigenvalue weighted by molar-refractivity contribution is 1.32. The SMILES string of the molecule is c1ccc(-c2cc(-c3ccc(-c4cc(-c5ccc(-c6ccccn6)cc5)c5ccc6cccc7ccc4c5c76)cc3)cc(-c3ccccc3)n2)cc1. The molecular weight excluding hydrogens is 629 g/mol. The molecule has 0 aliphatic carbocycles. The molecule has 2 heterocycles. The second-order valence-corrected chi connectivity index (χ2v) is 13.4. The van der Waals surface area contributed by atoms with Crippen LogP contribution in [0.1, 0.15) is 0 Å². The van der Waals surface area contributed by atoms with Crippen molar-refractivity contribution in [3.63, 3.8) is 0 Å². The summed E-state index contributed by atoms with van der Waals surface area (Å²) in [5, 5.41) is 7.70. The monoisotopic (exact) mass is 660 g/mol. The van der Waals surface area contributed by atoms with E-state index in [-0.39, 0.29) is 0 Å². The van der Waals surface area contributed by atoms with Crippen LogP contribution in [0.15, 0.2) is 194 Å². The molecule has 10 rings (SSSR count). The zero-order valence-electron chi connectivity index (χ0n) is 28.4. The van der Waals surface area contributed by atoms with E-state index in [1.165, 1.54) is 54.6 Å². The van der Waals surface area contributed by atoms with Crippen LogP contribution in [0.2, 0.25) is 0 Å². The molecule has 0 saturated carbocycles. The molecule has 0 aliphatic heterocycles. The number of rotatable bonds is 6. The number of hydrogen-bond donors (Lipinski definition) is 0. The molecule has 2 nitrogen and oxygen atoms in total. The van der Waals surface area contributed by atoms with Gasteiger partial charge < -0.3 is 0 Å². The molecule has 0 radical (unpaired) electrons. The Morgan fingerprint density at radius 1 is 0.288 bits per heavy atom. The second-order valence-electron chi connectivity index (χ2n) is 13.4. The van der Waals surface area contributed by atoms with Crippen LogP contribution in [-0.4, -0.2) is 9.97 Å². The Hall–Kier alpha value is -6.90. The van der Waals surface area contributed by atoms with Gasteiger partial charge >= 0.3 is 0 Å². The van der Waals surface area contributed by atoms with Crippen molar-refractivity contribution in [1.29, 1.82) is 0 Å². The van der Waals surface area contributed by atoms with Crippen LogP contribution in [0.4, 0.5) is 0 Å². The summed E-state index contributed by atoms with van der Waals surface area (Å²) in [6.45, 7) is 0. The summed E-state index contributed by atoms with van der Waals surface area (Å²) in [5.74, 6) is 0. The predicted molar refractivity (Wildman–Crippen MR) is 218 cm³/mol. The highest BCUT2D eigenvalue weighted by atomic mass is 14.7. The molecule has 2 aromatic heterocycles. The van der Waals surface area contributed by atoms with E-state index in [0.29, 0.717) is 0 Å². The largest absolute Gasteiger partial charge is 0.256 e. The van der Waals surface area contributed by atoms with Crippen LogP contribution in [0, 0.1) is 0 Å². The zero-order chi connectivity index (χ0) is 34.4. The van der Waals surface area contributed by atoms with E-state index < -0.39 is 0 Å². The molecule has 0 unspecified atom stereocenters. The Kier molecular flexibility index (Phi) is 7.18. The normalized spacial score (nSPS) is 11.5. The number of benzene rings is 8. The Labute approximate surface area is 302 Å². The Morgan fingerprint density at radius 3 is 1.33 bits per heavy atom. The summed E-state index contributed by atoms with van der Waals surface area (Å²) in [4.78, 5) is 9.67. The van der Waals surface area contributed by atoms with Gasteiger partial charge in [0, 0.05) is 22.9 Å². The fourth-order valence-corrected chi connectivity index (χ4v) is 7.72. The first kappa shape index (κ1) is 30.0. The number of aromatic nitrogens is 2. The van der Waals surface area contributed by atoms with Crippen molar-refractivity contribution in [2.75, 3.05) is 0 Å². The molecule has 10 aromatic rings. The lowest BCUT2D eigenvalue weighted by Gasteiger charge is -2.18. The van der Waals surface area contributed by atoms with E-state index in [1.807, 2.05) is 30.5 Å². The minimum absolute atomic E-state index is 0.964. The Balaban J connectivity index is 1.13. The predicted octanol–water partition coefficient (Wildman–Crippen LogP) is 13.4. The number of hydrogen-bond acceptors (Lipinski definition) is 2. The summed E-state index contributed by atoms with van der Waals surface area (Å²) >= 11 is 0. The third-order valence-corrected chi connectivity index (χ3v) is 10.3. The van der Waals surface area contributed by atoms with Crippen molar-refractivity contribution < 1.29 is 0 Å². The first-order valence-electron chi connectivity index (χ1n) is 17.7. The topological polar surface area (TPSA) is 25.8 Å². The lowest BCUT2D eigenvalue weighted by atomic mass is 9.85. The summed E-state index contributed by atoms with van der Waals surface area (Å²) in [6, 6.07) is 67.4. The highest BCUT2D eigenvalue weighted by Crippen LogP contribution is 2.44. The van der Waals surface area contributed by atoms with E-state index >= 15 is 0 Å².